The van der Waals surface area contributed by atoms with Crippen LogP contribution in [0.3, 0.4) is 0 Å². The van der Waals surface area contributed by atoms with Crippen molar-refractivity contribution in [2.75, 3.05) is 19.3 Å². The first-order valence-electron chi connectivity index (χ1n) is 6.59. The molecule has 1 aromatic rings. The summed E-state index contributed by atoms with van der Waals surface area (Å²) in [5, 5.41) is 8.53. The third-order valence-corrected chi connectivity index (χ3v) is 4.50. The first-order valence-corrected chi connectivity index (χ1v) is 7.88. The number of nitrogens with two attached hydrogens (primary N) is 1. The van der Waals surface area contributed by atoms with Crippen molar-refractivity contribution in [3.63, 3.8) is 0 Å². The highest BCUT2D eigenvalue weighted by molar-refractivity contribution is 7.99. The molecule has 106 valence electrons. The Hall–Kier alpha value is -0.850. The summed E-state index contributed by atoms with van der Waals surface area (Å²) in [6, 6.07) is 3.77. The van der Waals surface area contributed by atoms with Crippen LogP contribution in [0.2, 0.25) is 0 Å². The van der Waals surface area contributed by atoms with Gasteiger partial charge in [0, 0.05) is 19.2 Å². The van der Waals surface area contributed by atoms with Crippen molar-refractivity contribution in [1.82, 2.24) is 15.1 Å². The summed E-state index contributed by atoms with van der Waals surface area (Å²) in [5.41, 5.74) is 7.10. The van der Waals surface area contributed by atoms with Gasteiger partial charge in [-0.25, -0.2) is 0 Å². The van der Waals surface area contributed by atoms with Crippen molar-refractivity contribution in [2.45, 2.75) is 37.8 Å². The number of hydrogen-bond donors (Lipinski definition) is 1. The van der Waals surface area contributed by atoms with Gasteiger partial charge in [0.25, 0.3) is 0 Å². The second-order valence-corrected chi connectivity index (χ2v) is 6.11. The Balaban J connectivity index is 1.91. The summed E-state index contributed by atoms with van der Waals surface area (Å²) in [5.74, 6) is 0.567. The third-order valence-electron chi connectivity index (χ3n) is 3.52. The Kier molecular flexibility index (Phi) is 5.01. The molecule has 1 aliphatic rings. The lowest BCUT2D eigenvalue weighted by Gasteiger charge is -2.38. The Labute approximate surface area is 118 Å². The van der Waals surface area contributed by atoms with Crippen LogP contribution in [0.25, 0.3) is 0 Å². The lowest BCUT2D eigenvalue weighted by molar-refractivity contribution is 0.0734. The van der Waals surface area contributed by atoms with Crippen LogP contribution in [0.5, 0.6) is 5.88 Å². The van der Waals surface area contributed by atoms with Gasteiger partial charge in [-0.2, -0.15) is 5.10 Å². The second-order valence-electron chi connectivity index (χ2n) is 4.95. The summed E-state index contributed by atoms with van der Waals surface area (Å²) in [7, 11) is 0. The molecule has 1 aromatic heterocycles. The van der Waals surface area contributed by atoms with Crippen LogP contribution < -0.4 is 10.5 Å². The number of rotatable bonds is 4. The van der Waals surface area contributed by atoms with E-state index in [1.807, 2.05) is 30.8 Å². The number of likely N-dealkylation sites (tertiary alicyclic amines) is 1. The van der Waals surface area contributed by atoms with Crippen molar-refractivity contribution >= 4 is 11.8 Å². The maximum atomic E-state index is 6.22. The minimum atomic E-state index is 0.0199. The number of nitrogens with zero attached hydrogens (tertiary/aromatic N) is 3. The summed E-state index contributed by atoms with van der Waals surface area (Å²) in [6.07, 6.45) is 3.09. The van der Waals surface area contributed by atoms with E-state index < -0.39 is 0 Å². The molecule has 0 bridgehead atoms. The Morgan fingerprint density at radius 3 is 2.84 bits per heavy atom. The van der Waals surface area contributed by atoms with Crippen LogP contribution in [0.15, 0.2) is 12.1 Å². The average Bonchev–Trinajstić information content (AvgIpc) is 2.42. The van der Waals surface area contributed by atoms with Crippen LogP contribution in [-0.2, 0) is 0 Å². The van der Waals surface area contributed by atoms with Crippen LogP contribution in [0.1, 0.15) is 19.0 Å². The molecule has 3 unspecified atom stereocenters. The van der Waals surface area contributed by atoms with Gasteiger partial charge in [0.2, 0.25) is 5.88 Å². The molecule has 1 fully saturated rings. The number of thioether (sulfide) groups is 1. The number of piperidine rings is 1. The molecule has 2 N–H and O–H groups in total. The molecule has 1 aliphatic heterocycles. The molecule has 0 radical (unpaired) electrons. The summed E-state index contributed by atoms with van der Waals surface area (Å²) in [6.45, 7) is 6.00. The standard InChI is InChI=1S/C13H22N4OS/c1-9-4-5-13(16-15-9)18-12-6-7-17(8-11(12)14)10(2)19-3/h4-5,10-12H,6-8,14H2,1-3H3. The van der Waals surface area contributed by atoms with E-state index in [-0.39, 0.29) is 12.1 Å². The smallest absolute Gasteiger partial charge is 0.233 e. The fourth-order valence-electron chi connectivity index (χ4n) is 2.22. The highest BCUT2D eigenvalue weighted by atomic mass is 32.2. The van der Waals surface area contributed by atoms with Gasteiger partial charge in [-0.1, -0.05) is 0 Å². The van der Waals surface area contributed by atoms with E-state index in [4.69, 9.17) is 10.5 Å². The van der Waals surface area contributed by atoms with Gasteiger partial charge in [0.15, 0.2) is 0 Å². The minimum absolute atomic E-state index is 0.0199. The normalized spacial score (nSPS) is 26.1. The molecule has 0 aliphatic carbocycles. The topological polar surface area (TPSA) is 64.3 Å². The van der Waals surface area contributed by atoms with E-state index in [1.54, 1.807) is 0 Å². The quantitative estimate of drug-likeness (QED) is 0.897. The maximum absolute atomic E-state index is 6.22. The number of aromatic nitrogens is 2. The van der Waals surface area contributed by atoms with Gasteiger partial charge in [-0.15, -0.1) is 16.9 Å². The first kappa shape index (κ1) is 14.6. The molecule has 5 nitrogen and oxygen atoms in total. The predicted octanol–water partition coefficient (Wildman–Crippen LogP) is 1.27. The lowest BCUT2D eigenvalue weighted by atomic mass is 10.0. The first-order chi connectivity index (χ1) is 9.10. The van der Waals surface area contributed by atoms with Crippen molar-refractivity contribution in [1.29, 1.82) is 0 Å². The maximum Gasteiger partial charge on any atom is 0.233 e. The molecule has 0 spiro atoms. The Bertz CT molecular complexity index is 400. The summed E-state index contributed by atoms with van der Waals surface area (Å²) < 4.78 is 5.85. The van der Waals surface area contributed by atoms with Crippen LogP contribution >= 0.6 is 11.8 Å². The van der Waals surface area contributed by atoms with Crippen molar-refractivity contribution < 1.29 is 4.74 Å². The van der Waals surface area contributed by atoms with Crippen molar-refractivity contribution in [3.05, 3.63) is 17.8 Å². The van der Waals surface area contributed by atoms with Crippen molar-refractivity contribution in [3.8, 4) is 5.88 Å². The fourth-order valence-corrected chi connectivity index (χ4v) is 2.71. The summed E-state index contributed by atoms with van der Waals surface area (Å²) in [4.78, 5) is 2.40. The number of hydrogen-bond acceptors (Lipinski definition) is 6. The predicted molar refractivity (Wildman–Crippen MR) is 78.3 cm³/mol. The zero-order valence-electron chi connectivity index (χ0n) is 11.7. The van der Waals surface area contributed by atoms with Gasteiger partial charge < -0.3 is 10.5 Å². The number of aryl methyl sites for hydroxylation is 1. The third kappa shape index (κ3) is 3.81. The molecule has 0 saturated carbocycles. The van der Waals surface area contributed by atoms with E-state index in [2.05, 4.69) is 28.3 Å². The lowest BCUT2D eigenvalue weighted by Crippen LogP contribution is -2.55. The largest absolute Gasteiger partial charge is 0.472 e. The van der Waals surface area contributed by atoms with E-state index in [0.29, 0.717) is 11.3 Å². The monoisotopic (exact) mass is 282 g/mol. The van der Waals surface area contributed by atoms with Crippen molar-refractivity contribution in [2.24, 2.45) is 5.73 Å². The average molecular weight is 282 g/mol. The Morgan fingerprint density at radius 2 is 2.26 bits per heavy atom. The van der Waals surface area contributed by atoms with Gasteiger partial charge in [-0.3, -0.25) is 4.90 Å². The van der Waals surface area contributed by atoms with Gasteiger partial charge >= 0.3 is 0 Å². The molecule has 0 amide bonds. The van der Waals surface area contributed by atoms with Gasteiger partial charge in [0.1, 0.15) is 6.10 Å². The van der Waals surface area contributed by atoms with Gasteiger partial charge in [-0.05, 0) is 32.6 Å². The molecule has 2 rings (SSSR count). The highest BCUT2D eigenvalue weighted by Crippen LogP contribution is 2.21. The second kappa shape index (κ2) is 6.54. The fraction of sp³-hybridized carbons (Fsp3) is 0.692. The molecule has 3 atom stereocenters. The van der Waals surface area contributed by atoms with E-state index in [9.17, 15) is 0 Å². The Morgan fingerprint density at radius 1 is 1.47 bits per heavy atom. The SMILES string of the molecule is CSC(C)N1CCC(Oc2ccc(C)nn2)C(N)C1. The molecule has 0 aromatic carbocycles. The van der Waals surface area contributed by atoms with E-state index in [0.717, 1.165) is 25.2 Å². The van der Waals surface area contributed by atoms with E-state index >= 15 is 0 Å². The summed E-state index contributed by atoms with van der Waals surface area (Å²) >= 11 is 1.85. The van der Waals surface area contributed by atoms with Crippen LogP contribution in [0.4, 0.5) is 0 Å². The van der Waals surface area contributed by atoms with Crippen LogP contribution in [0, 0.1) is 6.92 Å². The zero-order valence-corrected chi connectivity index (χ0v) is 12.6. The molecule has 1 saturated heterocycles. The zero-order chi connectivity index (χ0) is 13.8. The molecular weight excluding hydrogens is 260 g/mol. The molecule has 6 heteroatoms. The molecular formula is C13H22N4OS. The van der Waals surface area contributed by atoms with E-state index in [1.165, 1.54) is 0 Å². The molecule has 19 heavy (non-hydrogen) atoms. The highest BCUT2D eigenvalue weighted by Gasteiger charge is 2.30. The molecule has 2 heterocycles. The van der Waals surface area contributed by atoms with Crippen LogP contribution in [-0.4, -0.2) is 52.0 Å². The number of ether oxygens (including phenoxy) is 1. The minimum Gasteiger partial charge on any atom is -0.472 e. The van der Waals surface area contributed by atoms with Gasteiger partial charge in [0.05, 0.1) is 17.1 Å².